The van der Waals surface area contributed by atoms with E-state index in [1.165, 1.54) is 18.2 Å². The number of fused-ring (bicyclic) bond motifs is 1. The maximum absolute atomic E-state index is 13.7. The fourth-order valence-electron chi connectivity index (χ4n) is 4.42. The highest BCUT2D eigenvalue weighted by atomic mass is 35.5. The molecule has 1 fully saturated rings. The van der Waals surface area contributed by atoms with E-state index >= 15 is 0 Å². The first-order valence-corrected chi connectivity index (χ1v) is 11.6. The van der Waals surface area contributed by atoms with Crippen molar-refractivity contribution in [3.05, 3.63) is 45.7 Å². The topological polar surface area (TPSA) is 169 Å². The first-order chi connectivity index (χ1) is 17.3. The Hall–Kier alpha value is -4.13. The molecule has 0 amide bonds. The Labute approximate surface area is 209 Å². The Bertz CT molecular complexity index is 1530. The van der Waals surface area contributed by atoms with E-state index in [9.17, 15) is 9.59 Å². The van der Waals surface area contributed by atoms with Crippen molar-refractivity contribution in [1.82, 2.24) is 39.7 Å². The van der Waals surface area contributed by atoms with Crippen LogP contribution in [-0.2, 0) is 16.6 Å². The number of nitrogens with zero attached hydrogens (tertiary/aromatic N) is 8. The lowest BCUT2D eigenvalue weighted by atomic mass is 9.80. The average Bonchev–Trinajstić information content (AvgIpc) is 3.24. The van der Waals surface area contributed by atoms with Gasteiger partial charge in [0.1, 0.15) is 29.4 Å². The fourth-order valence-corrected chi connectivity index (χ4v) is 4.67. The molecule has 0 unspecified atom stereocenters. The van der Waals surface area contributed by atoms with Crippen molar-refractivity contribution in [3.8, 4) is 11.4 Å². The van der Waals surface area contributed by atoms with Gasteiger partial charge in [0.15, 0.2) is 0 Å². The summed E-state index contributed by atoms with van der Waals surface area (Å²) in [6.07, 6.45) is 2.23. The van der Waals surface area contributed by atoms with E-state index in [-0.39, 0.29) is 35.1 Å². The normalized spacial score (nSPS) is 18.0. The number of nitrogen functional groups attached to an aromatic ring is 1. The monoisotopic (exact) mass is 510 g/mol. The molecule has 0 spiro atoms. The molecule has 186 valence electrons. The third kappa shape index (κ3) is 4.00. The summed E-state index contributed by atoms with van der Waals surface area (Å²) in [5.41, 5.74) is 6.69. The highest BCUT2D eigenvalue weighted by molar-refractivity contribution is 6.35. The van der Waals surface area contributed by atoms with Gasteiger partial charge in [-0.2, -0.15) is 4.80 Å². The quantitative estimate of drug-likeness (QED) is 0.363. The van der Waals surface area contributed by atoms with E-state index in [4.69, 9.17) is 27.1 Å². The molecule has 0 aliphatic heterocycles. The molecule has 3 N–H and O–H groups in total. The fraction of sp³-hybridized carbons (Fsp3) is 0.364. The molecule has 14 heteroatoms. The van der Waals surface area contributed by atoms with E-state index < -0.39 is 6.04 Å². The number of aromatic nitrogens is 8. The number of hydrogen-bond donors (Lipinski definition) is 2. The molecule has 5 rings (SSSR count). The molecule has 13 nitrogen and oxygen atoms in total. The molecule has 1 aliphatic rings. The zero-order valence-corrected chi connectivity index (χ0v) is 20.5. The van der Waals surface area contributed by atoms with E-state index in [2.05, 4.69) is 30.7 Å². The first-order valence-electron chi connectivity index (χ1n) is 11.2. The maximum atomic E-state index is 13.7. The van der Waals surface area contributed by atoms with Crippen molar-refractivity contribution in [2.24, 2.45) is 13.0 Å². The minimum absolute atomic E-state index is 0.170. The Kier molecular flexibility index (Phi) is 6.00. The molecule has 1 aromatic carbocycles. The van der Waals surface area contributed by atoms with Crippen molar-refractivity contribution in [1.29, 1.82) is 0 Å². The molecule has 3 heterocycles. The highest BCUT2D eigenvalue weighted by Gasteiger charge is 2.39. The van der Waals surface area contributed by atoms with Gasteiger partial charge in [-0.3, -0.25) is 14.2 Å². The number of rotatable bonds is 6. The lowest BCUT2D eigenvalue weighted by molar-refractivity contribution is -0.149. The van der Waals surface area contributed by atoms with E-state index in [0.717, 1.165) is 0 Å². The van der Waals surface area contributed by atoms with Gasteiger partial charge in [-0.25, -0.2) is 15.0 Å². The van der Waals surface area contributed by atoms with Crippen LogP contribution in [0.3, 0.4) is 0 Å². The number of halogens is 1. The number of aryl methyl sites for hydroxylation is 1. The van der Waals surface area contributed by atoms with Crippen molar-refractivity contribution in [2.45, 2.75) is 31.8 Å². The van der Waals surface area contributed by atoms with Gasteiger partial charge < -0.3 is 15.8 Å². The molecule has 1 aliphatic carbocycles. The second kappa shape index (κ2) is 9.15. The third-order valence-electron chi connectivity index (χ3n) is 6.27. The molecule has 0 saturated heterocycles. The van der Waals surface area contributed by atoms with Gasteiger partial charge >= 0.3 is 5.97 Å². The zero-order chi connectivity index (χ0) is 25.6. The number of benzene rings is 1. The second-order valence-corrected chi connectivity index (χ2v) is 8.98. The minimum Gasteiger partial charge on any atom is -0.469 e. The number of nitrogens with two attached hydrogens (primary N) is 1. The summed E-state index contributed by atoms with van der Waals surface area (Å²) < 4.78 is 6.47. The summed E-state index contributed by atoms with van der Waals surface area (Å²) in [5, 5.41) is 16.0. The molecule has 1 atom stereocenters. The van der Waals surface area contributed by atoms with Gasteiger partial charge in [-0.15, -0.1) is 10.2 Å². The molecule has 0 bridgehead atoms. The van der Waals surface area contributed by atoms with Gasteiger partial charge in [0, 0.05) is 6.04 Å². The summed E-state index contributed by atoms with van der Waals surface area (Å²) in [7, 11) is 2.99. The number of anilines is 2. The maximum Gasteiger partial charge on any atom is 0.308 e. The molecule has 3 aromatic heterocycles. The summed E-state index contributed by atoms with van der Waals surface area (Å²) in [6.45, 7) is 1.84. The van der Waals surface area contributed by atoms with Gasteiger partial charge in [0.2, 0.25) is 5.82 Å². The molecular formula is C22H23ClN10O3. The number of ether oxygens (including phenoxy) is 1. The van der Waals surface area contributed by atoms with Crippen LogP contribution in [0.1, 0.15) is 37.7 Å². The minimum atomic E-state index is -0.511. The van der Waals surface area contributed by atoms with Crippen molar-refractivity contribution in [2.75, 3.05) is 18.2 Å². The summed E-state index contributed by atoms with van der Waals surface area (Å²) in [4.78, 5) is 40.1. The predicted molar refractivity (Wildman–Crippen MR) is 131 cm³/mol. The molecule has 0 radical (unpaired) electrons. The average molecular weight is 511 g/mol. The van der Waals surface area contributed by atoms with Crippen LogP contribution in [0, 0.1) is 5.92 Å². The van der Waals surface area contributed by atoms with E-state index in [0.29, 0.717) is 46.0 Å². The molecule has 4 aromatic rings. The Morgan fingerprint density at radius 2 is 2.08 bits per heavy atom. The van der Waals surface area contributed by atoms with Crippen LogP contribution in [-0.4, -0.2) is 52.8 Å². The molecule has 1 saturated carbocycles. The number of esters is 1. The Morgan fingerprint density at radius 1 is 1.31 bits per heavy atom. The smallest absolute Gasteiger partial charge is 0.308 e. The van der Waals surface area contributed by atoms with E-state index in [1.807, 2.05) is 6.92 Å². The van der Waals surface area contributed by atoms with Gasteiger partial charge in [0.05, 0.1) is 42.0 Å². The number of hydrogen-bond acceptors (Lipinski definition) is 11. The molecule has 36 heavy (non-hydrogen) atoms. The van der Waals surface area contributed by atoms with Gasteiger partial charge in [0.25, 0.3) is 5.56 Å². The largest absolute Gasteiger partial charge is 0.469 e. The summed E-state index contributed by atoms with van der Waals surface area (Å²) in [6, 6.07) is 4.37. The number of carbonyl (C=O) groups excluding carboxylic acids is 1. The number of carbonyl (C=O) groups is 1. The lowest BCUT2D eigenvalue weighted by Crippen LogP contribution is -2.40. The van der Waals surface area contributed by atoms with E-state index in [1.54, 1.807) is 29.8 Å². The second-order valence-electron chi connectivity index (χ2n) is 8.58. The van der Waals surface area contributed by atoms with Crippen molar-refractivity contribution in [3.63, 3.8) is 0 Å². The standard InChI is InChI=1S/C22H23ClN10O3/c1-10(27-18-16(17(24)25-9-26-18)19-29-31-32(2)30-19)20-28-14-6-4-5-13(23)15(14)21(34)33(20)12-7-11(8-12)22(35)36-3/h4-6,9-12H,7-8H2,1-3H3,(H3,24,25,26,27)/t10-,11?,12?/m0/s1. The first kappa shape index (κ1) is 23.6. The Morgan fingerprint density at radius 3 is 2.78 bits per heavy atom. The SMILES string of the molecule is COC(=O)C1CC(n2c([C@H](C)Nc3ncnc(N)c3-c3nnn(C)n3)nc3cccc(Cl)c3c2=O)C1. The van der Waals surface area contributed by atoms with Crippen LogP contribution in [0.15, 0.2) is 29.3 Å². The van der Waals surface area contributed by atoms with Crippen LogP contribution >= 0.6 is 11.6 Å². The summed E-state index contributed by atoms with van der Waals surface area (Å²) in [5.74, 6) is 0.663. The van der Waals surface area contributed by atoms with Crippen molar-refractivity contribution < 1.29 is 9.53 Å². The van der Waals surface area contributed by atoms with Crippen LogP contribution in [0.25, 0.3) is 22.3 Å². The van der Waals surface area contributed by atoms with Crippen LogP contribution in [0.2, 0.25) is 5.02 Å². The Balaban J connectivity index is 1.58. The van der Waals surface area contributed by atoms with Gasteiger partial charge in [-0.05, 0) is 37.1 Å². The van der Waals surface area contributed by atoms with Gasteiger partial charge in [-0.1, -0.05) is 17.7 Å². The highest BCUT2D eigenvalue weighted by Crippen LogP contribution is 2.40. The molecular weight excluding hydrogens is 488 g/mol. The lowest BCUT2D eigenvalue weighted by Gasteiger charge is -2.36. The van der Waals surface area contributed by atoms with Crippen molar-refractivity contribution >= 4 is 40.1 Å². The number of nitrogens with one attached hydrogen (secondary N) is 1. The van der Waals surface area contributed by atoms with Crippen LogP contribution in [0.4, 0.5) is 11.6 Å². The summed E-state index contributed by atoms with van der Waals surface area (Å²) >= 11 is 6.38. The predicted octanol–water partition coefficient (Wildman–Crippen LogP) is 1.91. The van der Waals surface area contributed by atoms with Crippen LogP contribution < -0.4 is 16.6 Å². The number of tetrazole rings is 1. The number of methoxy groups -OCH3 is 1. The zero-order valence-electron chi connectivity index (χ0n) is 19.7. The van der Waals surface area contributed by atoms with Crippen LogP contribution in [0.5, 0.6) is 0 Å². The third-order valence-corrected chi connectivity index (χ3v) is 6.58.